The van der Waals surface area contributed by atoms with Gasteiger partial charge in [0.05, 0.1) is 6.07 Å². The van der Waals surface area contributed by atoms with Crippen LogP contribution in [0, 0.1) is 11.3 Å². The number of nitriles is 1. The number of ether oxygens (including phenoxy) is 2. The van der Waals surface area contributed by atoms with Crippen LogP contribution in [0.3, 0.4) is 0 Å². The third-order valence-corrected chi connectivity index (χ3v) is 7.21. The summed E-state index contributed by atoms with van der Waals surface area (Å²) in [6.07, 6.45) is 9.11. The number of likely N-dealkylation sites (tertiary alicyclic amines) is 2. The fraction of sp³-hybridized carbons (Fsp3) is 0.900. The lowest BCUT2D eigenvalue weighted by Crippen LogP contribution is -2.49. The molecule has 2 N–H and O–H groups in total. The Bertz CT molecular complexity index is 805. The first kappa shape index (κ1) is 34.0. The molecule has 8 nitrogen and oxygen atoms in total. The van der Waals surface area contributed by atoms with Crippen molar-refractivity contribution in [2.45, 2.75) is 168 Å². The summed E-state index contributed by atoms with van der Waals surface area (Å²) in [6.45, 7) is 20.5. The Morgan fingerprint density at radius 3 is 1.55 bits per heavy atom. The molecule has 0 aromatic carbocycles. The maximum absolute atomic E-state index is 12.4. The molecule has 0 aliphatic carbocycles. The van der Waals surface area contributed by atoms with E-state index in [1.54, 1.807) is 0 Å². The SMILES string of the molecule is CC(C)(C)OC(=O)N1C(CCCC#N)CCC1(C)C.CC(C)(C)OC(=O)N1C(CCCCN)CCC1(C)C. The third-order valence-electron chi connectivity index (χ3n) is 7.21. The number of hydrogen-bond donors (Lipinski definition) is 1. The van der Waals surface area contributed by atoms with Crippen molar-refractivity contribution in [1.29, 1.82) is 5.26 Å². The minimum Gasteiger partial charge on any atom is -0.444 e. The monoisotopic (exact) mass is 536 g/mol. The van der Waals surface area contributed by atoms with Crippen molar-refractivity contribution in [3.63, 3.8) is 0 Å². The van der Waals surface area contributed by atoms with Crippen LogP contribution in [-0.2, 0) is 9.47 Å². The van der Waals surface area contributed by atoms with Gasteiger partial charge in [-0.15, -0.1) is 0 Å². The van der Waals surface area contributed by atoms with E-state index in [4.69, 9.17) is 20.5 Å². The first-order valence-corrected chi connectivity index (χ1v) is 14.5. The summed E-state index contributed by atoms with van der Waals surface area (Å²) < 4.78 is 11.1. The molecular weight excluding hydrogens is 480 g/mol. The lowest BCUT2D eigenvalue weighted by atomic mass is 10.0. The van der Waals surface area contributed by atoms with Gasteiger partial charge in [-0.2, -0.15) is 5.26 Å². The highest BCUT2D eigenvalue weighted by molar-refractivity contribution is 5.70. The summed E-state index contributed by atoms with van der Waals surface area (Å²) in [6, 6.07) is 2.67. The first-order valence-electron chi connectivity index (χ1n) is 14.5. The Kier molecular flexibility index (Phi) is 12.4. The van der Waals surface area contributed by atoms with Gasteiger partial charge < -0.3 is 25.0 Å². The first-order chi connectivity index (χ1) is 17.3. The van der Waals surface area contributed by atoms with Crippen LogP contribution in [0.4, 0.5) is 9.59 Å². The van der Waals surface area contributed by atoms with Gasteiger partial charge in [-0.05, 0) is 127 Å². The number of carbonyl (C=O) groups is 2. The van der Waals surface area contributed by atoms with Crippen LogP contribution in [0.25, 0.3) is 0 Å². The van der Waals surface area contributed by atoms with Crippen LogP contribution in [0.2, 0.25) is 0 Å². The average Bonchev–Trinajstić information content (AvgIpc) is 3.21. The van der Waals surface area contributed by atoms with E-state index in [2.05, 4.69) is 33.8 Å². The highest BCUT2D eigenvalue weighted by Crippen LogP contribution is 2.38. The molecule has 2 saturated heterocycles. The number of rotatable bonds is 7. The van der Waals surface area contributed by atoms with Crippen molar-refractivity contribution < 1.29 is 19.1 Å². The van der Waals surface area contributed by atoms with E-state index >= 15 is 0 Å². The minimum atomic E-state index is -0.465. The number of amides is 2. The molecule has 2 aliphatic rings. The van der Waals surface area contributed by atoms with Crippen LogP contribution in [0.1, 0.15) is 133 Å². The maximum atomic E-state index is 12.4. The van der Waals surface area contributed by atoms with E-state index in [-0.39, 0.29) is 29.3 Å². The number of hydrogen-bond acceptors (Lipinski definition) is 6. The summed E-state index contributed by atoms with van der Waals surface area (Å²) in [5, 5.41) is 8.62. The van der Waals surface area contributed by atoms with E-state index in [9.17, 15) is 9.59 Å². The zero-order valence-corrected chi connectivity index (χ0v) is 26.0. The topological polar surface area (TPSA) is 109 Å². The Labute approximate surface area is 232 Å². The fourth-order valence-corrected chi connectivity index (χ4v) is 5.43. The van der Waals surface area contributed by atoms with Crippen LogP contribution >= 0.6 is 0 Å². The van der Waals surface area contributed by atoms with E-state index in [0.29, 0.717) is 12.5 Å². The third kappa shape index (κ3) is 11.0. The molecule has 0 aromatic heterocycles. The molecule has 8 heteroatoms. The van der Waals surface area contributed by atoms with Gasteiger partial charge in [-0.1, -0.05) is 6.42 Å². The van der Waals surface area contributed by atoms with Crippen molar-refractivity contribution in [3.05, 3.63) is 0 Å². The molecule has 0 bridgehead atoms. The molecule has 2 rings (SSSR count). The molecule has 0 spiro atoms. The molecule has 0 aromatic rings. The molecule has 0 saturated carbocycles. The normalized spacial score (nSPS) is 22.4. The average molecular weight is 537 g/mol. The van der Waals surface area contributed by atoms with Gasteiger partial charge in [0.2, 0.25) is 0 Å². The van der Waals surface area contributed by atoms with Crippen LogP contribution in [-0.4, -0.2) is 62.9 Å². The fourth-order valence-electron chi connectivity index (χ4n) is 5.43. The second kappa shape index (κ2) is 13.9. The molecule has 220 valence electrons. The van der Waals surface area contributed by atoms with Crippen molar-refractivity contribution in [1.82, 2.24) is 9.80 Å². The number of unbranched alkanes of at least 4 members (excludes halogenated alkanes) is 2. The van der Waals surface area contributed by atoms with E-state index < -0.39 is 11.2 Å². The van der Waals surface area contributed by atoms with Crippen LogP contribution < -0.4 is 5.73 Å². The summed E-state index contributed by atoms with van der Waals surface area (Å²) >= 11 is 0. The van der Waals surface area contributed by atoms with Crippen molar-refractivity contribution in [2.24, 2.45) is 5.73 Å². The highest BCUT2D eigenvalue weighted by atomic mass is 16.6. The molecule has 2 aliphatic heterocycles. The van der Waals surface area contributed by atoms with E-state index in [1.807, 2.05) is 51.3 Å². The summed E-state index contributed by atoms with van der Waals surface area (Å²) in [5.41, 5.74) is 4.39. The summed E-state index contributed by atoms with van der Waals surface area (Å²) in [4.78, 5) is 28.6. The smallest absolute Gasteiger partial charge is 0.410 e. The maximum Gasteiger partial charge on any atom is 0.410 e. The number of nitrogens with two attached hydrogens (primary N) is 1. The van der Waals surface area contributed by atoms with Gasteiger partial charge in [-0.25, -0.2) is 9.59 Å². The van der Waals surface area contributed by atoms with Crippen molar-refractivity contribution >= 4 is 12.2 Å². The summed E-state index contributed by atoms with van der Waals surface area (Å²) in [7, 11) is 0. The highest BCUT2D eigenvalue weighted by Gasteiger charge is 2.45. The molecule has 2 atom stereocenters. The standard InChI is InChI=1S/C15H30N2O2.C15H26N2O2/c2*1-14(2,3)19-13(18)17-12(8-6-7-11-16)9-10-15(17,4)5/h12H,6-11,16H2,1-5H3;12H,6-10H2,1-5H3. The zero-order valence-electron chi connectivity index (χ0n) is 26.0. The lowest BCUT2D eigenvalue weighted by Gasteiger charge is -2.37. The van der Waals surface area contributed by atoms with E-state index in [1.165, 1.54) is 0 Å². The molecule has 38 heavy (non-hydrogen) atoms. The quantitative estimate of drug-likeness (QED) is 0.346. The molecule has 2 fully saturated rings. The largest absolute Gasteiger partial charge is 0.444 e. The van der Waals surface area contributed by atoms with Crippen molar-refractivity contribution in [2.75, 3.05) is 6.54 Å². The Morgan fingerprint density at radius 2 is 1.21 bits per heavy atom. The van der Waals surface area contributed by atoms with Gasteiger partial charge in [0.25, 0.3) is 0 Å². The Balaban J connectivity index is 0.000000380. The number of nitrogens with zero attached hydrogens (tertiary/aromatic N) is 3. The second-order valence-electron chi connectivity index (χ2n) is 14.0. The van der Waals surface area contributed by atoms with Gasteiger partial charge in [0, 0.05) is 29.6 Å². The van der Waals surface area contributed by atoms with Crippen molar-refractivity contribution in [3.8, 4) is 6.07 Å². The zero-order chi connectivity index (χ0) is 29.4. The summed E-state index contributed by atoms with van der Waals surface area (Å²) in [5.74, 6) is 0. The lowest BCUT2D eigenvalue weighted by molar-refractivity contribution is 0.00160. The van der Waals surface area contributed by atoms with Gasteiger partial charge in [0.1, 0.15) is 11.2 Å². The van der Waals surface area contributed by atoms with Gasteiger partial charge >= 0.3 is 12.2 Å². The van der Waals surface area contributed by atoms with Crippen LogP contribution in [0.5, 0.6) is 0 Å². The molecule has 2 unspecified atom stereocenters. The molecule has 2 heterocycles. The molecular formula is C30H56N4O4. The molecule has 2 amide bonds. The van der Waals surface area contributed by atoms with Gasteiger partial charge in [-0.3, -0.25) is 0 Å². The molecule has 0 radical (unpaired) electrons. The predicted molar refractivity (Wildman–Crippen MR) is 153 cm³/mol. The Hall–Kier alpha value is -2.01. The minimum absolute atomic E-state index is 0.101. The number of carbonyl (C=O) groups excluding carboxylic acids is 2. The van der Waals surface area contributed by atoms with E-state index in [0.717, 1.165) is 64.3 Å². The Morgan fingerprint density at radius 1 is 0.816 bits per heavy atom. The predicted octanol–water partition coefficient (Wildman–Crippen LogP) is 7.15. The second-order valence-corrected chi connectivity index (χ2v) is 14.0. The van der Waals surface area contributed by atoms with Gasteiger partial charge in [0.15, 0.2) is 0 Å². The van der Waals surface area contributed by atoms with Crippen LogP contribution in [0.15, 0.2) is 0 Å².